The number of hydrogen-bond donors (Lipinski definition) is 1. The van der Waals surface area contributed by atoms with Gasteiger partial charge in [-0.2, -0.15) is 0 Å². The van der Waals surface area contributed by atoms with Gasteiger partial charge in [-0.05, 0) is 49.2 Å². The Kier molecular flexibility index (Phi) is 4.00. The van der Waals surface area contributed by atoms with E-state index in [0.29, 0.717) is 16.8 Å². The molecule has 2 aromatic rings. The number of aryl methyl sites for hydroxylation is 2. The molecule has 4 heteroatoms. The minimum atomic E-state index is -0.331. The van der Waals surface area contributed by atoms with Crippen molar-refractivity contribution in [3.05, 3.63) is 63.4 Å². The lowest BCUT2D eigenvalue weighted by Gasteiger charge is -2.07. The van der Waals surface area contributed by atoms with Crippen LogP contribution >= 0.6 is 15.9 Å². The molecule has 0 aromatic heterocycles. The van der Waals surface area contributed by atoms with E-state index in [1.165, 1.54) is 6.07 Å². The molecular formula is C15H13BrFNO. The van der Waals surface area contributed by atoms with Gasteiger partial charge in [0.1, 0.15) is 5.82 Å². The molecule has 0 heterocycles. The van der Waals surface area contributed by atoms with Gasteiger partial charge in [0.2, 0.25) is 0 Å². The van der Waals surface area contributed by atoms with Gasteiger partial charge in [-0.15, -0.1) is 0 Å². The second kappa shape index (κ2) is 5.53. The molecule has 0 aliphatic rings. The fourth-order valence-electron chi connectivity index (χ4n) is 1.61. The van der Waals surface area contributed by atoms with Crippen LogP contribution in [0.3, 0.4) is 0 Å². The molecule has 1 N–H and O–H groups in total. The monoisotopic (exact) mass is 321 g/mol. The van der Waals surface area contributed by atoms with E-state index in [4.69, 9.17) is 0 Å². The fourth-order valence-corrected chi connectivity index (χ4v) is 1.99. The van der Waals surface area contributed by atoms with Gasteiger partial charge in [0.25, 0.3) is 5.91 Å². The van der Waals surface area contributed by atoms with Gasteiger partial charge in [0.15, 0.2) is 0 Å². The van der Waals surface area contributed by atoms with E-state index in [9.17, 15) is 9.18 Å². The van der Waals surface area contributed by atoms with Crippen LogP contribution in [0.1, 0.15) is 21.5 Å². The van der Waals surface area contributed by atoms with Gasteiger partial charge in [0, 0.05) is 15.7 Å². The van der Waals surface area contributed by atoms with Crippen molar-refractivity contribution in [1.82, 2.24) is 0 Å². The van der Waals surface area contributed by atoms with E-state index < -0.39 is 0 Å². The molecule has 2 nitrogen and oxygen atoms in total. The van der Waals surface area contributed by atoms with Crippen molar-refractivity contribution in [1.29, 1.82) is 0 Å². The summed E-state index contributed by atoms with van der Waals surface area (Å²) in [7, 11) is 0. The van der Waals surface area contributed by atoms with E-state index in [1.54, 1.807) is 31.2 Å². The molecule has 0 unspecified atom stereocenters. The summed E-state index contributed by atoms with van der Waals surface area (Å²) in [5.74, 6) is -0.591. The van der Waals surface area contributed by atoms with Crippen LogP contribution < -0.4 is 5.32 Å². The van der Waals surface area contributed by atoms with Crippen LogP contribution in [0, 0.1) is 19.7 Å². The number of nitrogens with one attached hydrogen (secondary N) is 1. The van der Waals surface area contributed by atoms with Crippen LogP contribution in [-0.2, 0) is 0 Å². The SMILES string of the molecule is Cc1ccc(NC(=O)c2ccc(C)c(Br)c2)cc1F. The standard InChI is InChI=1S/C15H13BrFNO/c1-9-3-5-11(7-13(9)16)15(19)18-12-6-4-10(2)14(17)8-12/h3-8H,1-2H3,(H,18,19). The van der Waals surface area contributed by atoms with E-state index in [1.807, 2.05) is 13.0 Å². The number of benzene rings is 2. The third-order valence-corrected chi connectivity index (χ3v) is 3.72. The van der Waals surface area contributed by atoms with Crippen molar-refractivity contribution in [3.8, 4) is 0 Å². The summed E-state index contributed by atoms with van der Waals surface area (Å²) >= 11 is 3.38. The Hall–Kier alpha value is -1.68. The van der Waals surface area contributed by atoms with Crippen molar-refractivity contribution in [2.75, 3.05) is 5.32 Å². The van der Waals surface area contributed by atoms with Crippen molar-refractivity contribution >= 4 is 27.5 Å². The first-order valence-corrected chi connectivity index (χ1v) is 6.60. The summed E-state index contributed by atoms with van der Waals surface area (Å²) in [6, 6.07) is 9.97. The molecule has 19 heavy (non-hydrogen) atoms. The van der Waals surface area contributed by atoms with Crippen molar-refractivity contribution in [2.24, 2.45) is 0 Å². The Bertz CT molecular complexity index is 640. The molecule has 0 aliphatic heterocycles. The van der Waals surface area contributed by atoms with E-state index in [-0.39, 0.29) is 11.7 Å². The summed E-state index contributed by atoms with van der Waals surface area (Å²) in [5, 5.41) is 2.67. The highest BCUT2D eigenvalue weighted by Gasteiger charge is 2.08. The molecule has 0 saturated heterocycles. The van der Waals surface area contributed by atoms with Gasteiger partial charge < -0.3 is 5.32 Å². The number of anilines is 1. The lowest BCUT2D eigenvalue weighted by atomic mass is 10.1. The first-order valence-electron chi connectivity index (χ1n) is 5.81. The summed E-state index contributed by atoms with van der Waals surface area (Å²) in [6.45, 7) is 3.62. The lowest BCUT2D eigenvalue weighted by molar-refractivity contribution is 0.102. The predicted molar refractivity (Wildman–Crippen MR) is 78.0 cm³/mol. The molecule has 2 aromatic carbocycles. The first-order chi connectivity index (χ1) is 8.97. The van der Waals surface area contributed by atoms with Gasteiger partial charge in [-0.1, -0.05) is 28.1 Å². The molecule has 0 saturated carbocycles. The number of rotatable bonds is 2. The third-order valence-electron chi connectivity index (χ3n) is 2.86. The lowest BCUT2D eigenvalue weighted by Crippen LogP contribution is -2.12. The average molecular weight is 322 g/mol. The Labute approximate surface area is 119 Å². The highest BCUT2D eigenvalue weighted by molar-refractivity contribution is 9.10. The Morgan fingerprint density at radius 1 is 1.11 bits per heavy atom. The zero-order valence-electron chi connectivity index (χ0n) is 10.6. The number of hydrogen-bond acceptors (Lipinski definition) is 1. The van der Waals surface area contributed by atoms with Crippen LogP contribution in [0.4, 0.5) is 10.1 Å². The van der Waals surface area contributed by atoms with Crippen molar-refractivity contribution < 1.29 is 9.18 Å². The maximum Gasteiger partial charge on any atom is 0.255 e. The minimum Gasteiger partial charge on any atom is -0.322 e. The third kappa shape index (κ3) is 3.20. The topological polar surface area (TPSA) is 29.1 Å². The molecular weight excluding hydrogens is 309 g/mol. The highest BCUT2D eigenvalue weighted by atomic mass is 79.9. The summed E-state index contributed by atoms with van der Waals surface area (Å²) in [4.78, 5) is 12.0. The maximum atomic E-state index is 13.4. The molecule has 2 rings (SSSR count). The molecule has 0 bridgehead atoms. The zero-order valence-corrected chi connectivity index (χ0v) is 12.2. The largest absolute Gasteiger partial charge is 0.322 e. The molecule has 0 fully saturated rings. The highest BCUT2D eigenvalue weighted by Crippen LogP contribution is 2.19. The second-order valence-electron chi connectivity index (χ2n) is 4.38. The van der Waals surface area contributed by atoms with Crippen LogP contribution in [0.2, 0.25) is 0 Å². The Balaban J connectivity index is 2.20. The van der Waals surface area contributed by atoms with Gasteiger partial charge in [0.05, 0.1) is 0 Å². The molecule has 98 valence electrons. The fraction of sp³-hybridized carbons (Fsp3) is 0.133. The number of carbonyl (C=O) groups excluding carboxylic acids is 1. The van der Waals surface area contributed by atoms with Gasteiger partial charge in [-0.25, -0.2) is 4.39 Å². The molecule has 0 spiro atoms. The quantitative estimate of drug-likeness (QED) is 0.869. The smallest absolute Gasteiger partial charge is 0.255 e. The first kappa shape index (κ1) is 13.7. The van der Waals surface area contributed by atoms with E-state index in [0.717, 1.165) is 10.0 Å². The molecule has 0 atom stereocenters. The summed E-state index contributed by atoms with van der Waals surface area (Å²) < 4.78 is 14.3. The molecule has 0 radical (unpaired) electrons. The Morgan fingerprint density at radius 3 is 2.42 bits per heavy atom. The zero-order chi connectivity index (χ0) is 14.0. The molecule has 1 amide bonds. The number of amides is 1. The van der Waals surface area contributed by atoms with Crippen LogP contribution in [0.5, 0.6) is 0 Å². The number of carbonyl (C=O) groups is 1. The Morgan fingerprint density at radius 2 is 1.79 bits per heavy atom. The minimum absolute atomic E-state index is 0.260. The van der Waals surface area contributed by atoms with Gasteiger partial charge >= 0.3 is 0 Å². The van der Waals surface area contributed by atoms with Crippen molar-refractivity contribution in [3.63, 3.8) is 0 Å². The predicted octanol–water partition coefficient (Wildman–Crippen LogP) is 4.46. The van der Waals surface area contributed by atoms with Crippen LogP contribution in [-0.4, -0.2) is 5.91 Å². The summed E-state index contributed by atoms with van der Waals surface area (Å²) in [6.07, 6.45) is 0. The van der Waals surface area contributed by atoms with E-state index >= 15 is 0 Å². The van der Waals surface area contributed by atoms with Crippen molar-refractivity contribution in [2.45, 2.75) is 13.8 Å². The number of halogens is 2. The molecule has 0 aliphatic carbocycles. The van der Waals surface area contributed by atoms with Crippen LogP contribution in [0.15, 0.2) is 40.9 Å². The summed E-state index contributed by atoms with van der Waals surface area (Å²) in [5.41, 5.74) is 2.58. The van der Waals surface area contributed by atoms with E-state index in [2.05, 4.69) is 21.2 Å². The second-order valence-corrected chi connectivity index (χ2v) is 5.24. The van der Waals surface area contributed by atoms with Crippen LogP contribution in [0.25, 0.3) is 0 Å². The average Bonchev–Trinajstić information content (AvgIpc) is 2.37. The normalized spacial score (nSPS) is 10.3. The maximum absolute atomic E-state index is 13.4. The van der Waals surface area contributed by atoms with Gasteiger partial charge in [-0.3, -0.25) is 4.79 Å².